The average Bonchev–Trinajstić information content (AvgIpc) is 2.15. The molecule has 14 heavy (non-hydrogen) atoms. The standard InChI is InChI=1S/C9H21O2PS2/c1-5-8-13-12(10,11-7-3)14-9(4)6-2/h9H,5-8H2,1-4H3. The molecule has 0 amide bonds. The first-order valence-corrected chi connectivity index (χ1v) is 9.85. The van der Waals surface area contributed by atoms with E-state index in [1.807, 2.05) is 6.92 Å². The second-order valence-electron chi connectivity index (χ2n) is 3.02. The summed E-state index contributed by atoms with van der Waals surface area (Å²) in [6.45, 7) is 8.74. The molecule has 86 valence electrons. The van der Waals surface area contributed by atoms with E-state index >= 15 is 0 Å². The first kappa shape index (κ1) is 14.9. The Bertz CT molecular complexity index is 188. The second kappa shape index (κ2) is 8.09. The Morgan fingerprint density at radius 1 is 1.36 bits per heavy atom. The van der Waals surface area contributed by atoms with Crippen LogP contribution in [0.1, 0.15) is 40.5 Å². The first-order valence-electron chi connectivity index (χ1n) is 5.15. The number of hydrogen-bond acceptors (Lipinski definition) is 4. The van der Waals surface area contributed by atoms with Gasteiger partial charge in [0, 0.05) is 11.0 Å². The van der Waals surface area contributed by atoms with Crippen molar-refractivity contribution in [3.63, 3.8) is 0 Å². The molecule has 0 N–H and O–H groups in total. The molecular weight excluding hydrogens is 235 g/mol. The van der Waals surface area contributed by atoms with E-state index in [1.54, 1.807) is 0 Å². The Hall–Kier alpha value is 0.890. The van der Waals surface area contributed by atoms with Gasteiger partial charge in [0.05, 0.1) is 6.61 Å². The molecule has 0 aliphatic heterocycles. The van der Waals surface area contributed by atoms with E-state index in [9.17, 15) is 4.57 Å². The van der Waals surface area contributed by atoms with E-state index in [0.29, 0.717) is 11.9 Å². The summed E-state index contributed by atoms with van der Waals surface area (Å²) in [6.07, 6.45) is 2.08. The molecule has 2 unspecified atom stereocenters. The summed E-state index contributed by atoms with van der Waals surface area (Å²) in [5.74, 6) is -1.56. The highest BCUT2D eigenvalue weighted by Gasteiger charge is 2.26. The van der Waals surface area contributed by atoms with Crippen LogP contribution in [-0.4, -0.2) is 17.6 Å². The Kier molecular flexibility index (Phi) is 8.60. The van der Waals surface area contributed by atoms with Crippen molar-refractivity contribution < 1.29 is 9.09 Å². The highest BCUT2D eigenvalue weighted by atomic mass is 33.1. The van der Waals surface area contributed by atoms with Crippen molar-refractivity contribution >= 4 is 28.5 Å². The highest BCUT2D eigenvalue weighted by molar-refractivity contribution is 8.89. The van der Waals surface area contributed by atoms with E-state index in [1.165, 1.54) is 22.8 Å². The van der Waals surface area contributed by atoms with Gasteiger partial charge in [-0.05, 0) is 19.8 Å². The molecule has 0 saturated heterocycles. The minimum Gasteiger partial charge on any atom is -0.314 e. The van der Waals surface area contributed by atoms with Crippen molar-refractivity contribution in [1.29, 1.82) is 0 Å². The van der Waals surface area contributed by atoms with Crippen LogP contribution in [0.4, 0.5) is 0 Å². The Morgan fingerprint density at radius 3 is 2.43 bits per heavy atom. The zero-order chi connectivity index (χ0) is 11.0. The maximum Gasteiger partial charge on any atom is 0.313 e. The predicted molar refractivity (Wildman–Crippen MR) is 69.3 cm³/mol. The average molecular weight is 256 g/mol. The third-order valence-electron chi connectivity index (χ3n) is 1.62. The van der Waals surface area contributed by atoms with Crippen molar-refractivity contribution in [2.24, 2.45) is 0 Å². The van der Waals surface area contributed by atoms with Gasteiger partial charge in [0.25, 0.3) is 0 Å². The van der Waals surface area contributed by atoms with Gasteiger partial charge in [-0.15, -0.1) is 0 Å². The van der Waals surface area contributed by atoms with Crippen molar-refractivity contribution in [2.45, 2.75) is 45.8 Å². The maximum absolute atomic E-state index is 12.2. The summed E-state index contributed by atoms with van der Waals surface area (Å²) in [7, 11) is 0. The van der Waals surface area contributed by atoms with Crippen LogP contribution in [0.5, 0.6) is 0 Å². The molecule has 0 aromatic heterocycles. The van der Waals surface area contributed by atoms with Crippen LogP contribution in [-0.2, 0) is 9.09 Å². The number of rotatable bonds is 8. The van der Waals surface area contributed by atoms with Crippen LogP contribution < -0.4 is 0 Å². The lowest BCUT2D eigenvalue weighted by Crippen LogP contribution is -1.94. The Balaban J connectivity index is 4.16. The van der Waals surface area contributed by atoms with Gasteiger partial charge in [0.2, 0.25) is 0 Å². The molecule has 0 aromatic carbocycles. The summed E-state index contributed by atoms with van der Waals surface area (Å²) in [4.78, 5) is 0. The van der Waals surface area contributed by atoms with Crippen LogP contribution in [0, 0.1) is 0 Å². The molecule has 5 heteroatoms. The van der Waals surface area contributed by atoms with Gasteiger partial charge in [-0.1, -0.05) is 43.5 Å². The van der Waals surface area contributed by atoms with Crippen molar-refractivity contribution in [3.05, 3.63) is 0 Å². The molecule has 0 aliphatic carbocycles. The predicted octanol–water partition coefficient (Wildman–Crippen LogP) is 4.81. The number of hydrogen-bond donors (Lipinski definition) is 0. The maximum atomic E-state index is 12.2. The van der Waals surface area contributed by atoms with Gasteiger partial charge in [0.1, 0.15) is 0 Å². The quantitative estimate of drug-likeness (QED) is 0.582. The lowest BCUT2D eigenvalue weighted by atomic mass is 10.4. The SMILES string of the molecule is CCCSP(=O)(OCC)SC(C)CC. The lowest BCUT2D eigenvalue weighted by Gasteiger charge is -2.18. The van der Waals surface area contributed by atoms with E-state index in [4.69, 9.17) is 4.52 Å². The van der Waals surface area contributed by atoms with Gasteiger partial charge in [0.15, 0.2) is 0 Å². The van der Waals surface area contributed by atoms with Crippen LogP contribution >= 0.6 is 28.5 Å². The van der Waals surface area contributed by atoms with E-state index in [0.717, 1.165) is 18.6 Å². The minimum atomic E-state index is -2.48. The van der Waals surface area contributed by atoms with Crippen LogP contribution in [0.3, 0.4) is 0 Å². The zero-order valence-corrected chi connectivity index (χ0v) is 12.0. The summed E-state index contributed by atoms with van der Waals surface area (Å²) < 4.78 is 17.6. The van der Waals surface area contributed by atoms with Gasteiger partial charge in [-0.2, -0.15) is 0 Å². The third kappa shape index (κ3) is 6.39. The smallest absolute Gasteiger partial charge is 0.313 e. The Labute approximate surface area is 95.9 Å². The molecule has 0 rings (SSSR count). The fourth-order valence-corrected chi connectivity index (χ4v) is 9.01. The van der Waals surface area contributed by atoms with Crippen LogP contribution in [0.2, 0.25) is 0 Å². The molecule has 2 nitrogen and oxygen atoms in total. The summed E-state index contributed by atoms with van der Waals surface area (Å²) in [6, 6.07) is 0. The monoisotopic (exact) mass is 256 g/mol. The summed E-state index contributed by atoms with van der Waals surface area (Å²) >= 11 is 3.00. The molecule has 0 aliphatic rings. The van der Waals surface area contributed by atoms with Gasteiger partial charge in [-0.25, -0.2) is 0 Å². The van der Waals surface area contributed by atoms with Gasteiger partial charge < -0.3 is 4.52 Å². The van der Waals surface area contributed by atoms with Crippen molar-refractivity contribution in [2.75, 3.05) is 12.4 Å². The zero-order valence-electron chi connectivity index (χ0n) is 9.49. The van der Waals surface area contributed by atoms with Crippen molar-refractivity contribution in [3.8, 4) is 0 Å². The molecule has 0 bridgehead atoms. The van der Waals surface area contributed by atoms with E-state index < -0.39 is 5.77 Å². The van der Waals surface area contributed by atoms with Crippen LogP contribution in [0.25, 0.3) is 0 Å². The Morgan fingerprint density at radius 2 is 2.00 bits per heavy atom. The van der Waals surface area contributed by atoms with Crippen LogP contribution in [0.15, 0.2) is 0 Å². The molecule has 0 heterocycles. The van der Waals surface area contributed by atoms with Gasteiger partial charge in [-0.3, -0.25) is 4.57 Å². The largest absolute Gasteiger partial charge is 0.314 e. The molecule has 2 atom stereocenters. The lowest BCUT2D eigenvalue weighted by molar-refractivity contribution is 0.357. The summed E-state index contributed by atoms with van der Waals surface area (Å²) in [5.41, 5.74) is 0. The molecule has 0 fully saturated rings. The molecule has 0 radical (unpaired) electrons. The molecular formula is C9H21O2PS2. The fourth-order valence-electron chi connectivity index (χ4n) is 0.754. The fraction of sp³-hybridized carbons (Fsp3) is 1.00. The molecule has 0 aromatic rings. The minimum absolute atomic E-state index is 0.414. The molecule has 0 saturated carbocycles. The van der Waals surface area contributed by atoms with E-state index in [2.05, 4.69) is 20.8 Å². The second-order valence-corrected chi connectivity index (χ2v) is 10.8. The van der Waals surface area contributed by atoms with Crippen molar-refractivity contribution in [1.82, 2.24) is 0 Å². The molecule has 0 spiro atoms. The van der Waals surface area contributed by atoms with Gasteiger partial charge >= 0.3 is 5.77 Å². The normalized spacial score (nSPS) is 17.7. The summed E-state index contributed by atoms with van der Waals surface area (Å²) in [5, 5.41) is 0.414. The topological polar surface area (TPSA) is 26.3 Å². The van der Waals surface area contributed by atoms with E-state index in [-0.39, 0.29) is 0 Å². The third-order valence-corrected chi connectivity index (χ3v) is 9.76. The highest BCUT2D eigenvalue weighted by Crippen LogP contribution is 2.71. The first-order chi connectivity index (χ1) is 6.58.